The second-order valence-electron chi connectivity index (χ2n) is 7.77. The van der Waals surface area contributed by atoms with E-state index in [9.17, 15) is 9.59 Å². The van der Waals surface area contributed by atoms with E-state index in [1.165, 1.54) is 0 Å². The van der Waals surface area contributed by atoms with E-state index in [-0.39, 0.29) is 28.7 Å². The summed E-state index contributed by atoms with van der Waals surface area (Å²) in [5.74, 6) is 0.270. The molecule has 0 heterocycles. The maximum Gasteiger partial charge on any atom is 0.319 e. The molecule has 4 nitrogen and oxygen atoms in total. The van der Waals surface area contributed by atoms with Crippen molar-refractivity contribution in [1.29, 1.82) is 0 Å². The Labute approximate surface area is 132 Å². The third-order valence-electron chi connectivity index (χ3n) is 4.45. The highest BCUT2D eigenvalue weighted by molar-refractivity contribution is 5.90. The standard InChI is InChI=1S/C18H26N2O2/c1-12-6-8-13(9-7-12)19-16(22)20-15-17(2,3)10-14(21)11-18(15,4)5/h6-9,15H,10-11H2,1-5H3,(H2,19,20,22). The SMILES string of the molecule is Cc1ccc(NC(=O)NC2C(C)(C)CC(=O)CC2(C)C)cc1. The molecule has 2 rings (SSSR count). The first-order chi connectivity index (χ1) is 10.1. The van der Waals surface area contributed by atoms with Gasteiger partial charge in [0.2, 0.25) is 0 Å². The Kier molecular flexibility index (Phi) is 4.32. The summed E-state index contributed by atoms with van der Waals surface area (Å²) in [6.45, 7) is 10.2. The van der Waals surface area contributed by atoms with Crippen molar-refractivity contribution >= 4 is 17.5 Å². The Morgan fingerprint density at radius 1 is 1.05 bits per heavy atom. The Hall–Kier alpha value is -1.84. The van der Waals surface area contributed by atoms with E-state index in [2.05, 4.69) is 10.6 Å². The van der Waals surface area contributed by atoms with Crippen molar-refractivity contribution < 1.29 is 9.59 Å². The summed E-state index contributed by atoms with van der Waals surface area (Å²) in [6.07, 6.45) is 1.01. The number of Topliss-reactive ketones (excluding diaryl/α,β-unsaturated/α-hetero) is 1. The fourth-order valence-corrected chi connectivity index (χ4v) is 3.67. The number of amides is 2. The third kappa shape index (κ3) is 3.67. The highest BCUT2D eigenvalue weighted by Gasteiger charge is 2.47. The lowest BCUT2D eigenvalue weighted by molar-refractivity contribution is -0.128. The molecule has 2 N–H and O–H groups in total. The molecule has 1 aromatic carbocycles. The molecule has 4 heteroatoms. The van der Waals surface area contributed by atoms with E-state index < -0.39 is 0 Å². The van der Waals surface area contributed by atoms with Crippen LogP contribution in [0, 0.1) is 17.8 Å². The number of carbonyl (C=O) groups excluding carboxylic acids is 2. The van der Waals surface area contributed by atoms with Gasteiger partial charge in [-0.05, 0) is 29.9 Å². The zero-order chi connectivity index (χ0) is 16.5. The highest BCUT2D eigenvalue weighted by Crippen LogP contribution is 2.44. The zero-order valence-electron chi connectivity index (χ0n) is 14.1. The Bertz CT molecular complexity index is 553. The molecule has 22 heavy (non-hydrogen) atoms. The summed E-state index contributed by atoms with van der Waals surface area (Å²) in [4.78, 5) is 24.2. The van der Waals surface area contributed by atoms with Gasteiger partial charge in [-0.25, -0.2) is 4.79 Å². The molecule has 1 saturated carbocycles. The highest BCUT2D eigenvalue weighted by atomic mass is 16.2. The van der Waals surface area contributed by atoms with Gasteiger partial charge in [-0.3, -0.25) is 4.79 Å². The number of urea groups is 1. The van der Waals surface area contributed by atoms with E-state index in [4.69, 9.17) is 0 Å². The van der Waals surface area contributed by atoms with Gasteiger partial charge in [-0.15, -0.1) is 0 Å². The van der Waals surface area contributed by atoms with Crippen molar-refractivity contribution in [2.24, 2.45) is 10.8 Å². The molecule has 0 saturated heterocycles. The molecule has 1 aromatic rings. The molecule has 0 bridgehead atoms. The smallest absolute Gasteiger partial charge is 0.319 e. The monoisotopic (exact) mass is 302 g/mol. The summed E-state index contributed by atoms with van der Waals surface area (Å²) < 4.78 is 0. The van der Waals surface area contributed by atoms with Gasteiger partial charge in [-0.1, -0.05) is 45.4 Å². The topological polar surface area (TPSA) is 58.2 Å². The van der Waals surface area contributed by atoms with Crippen LogP contribution in [0.3, 0.4) is 0 Å². The molecular formula is C18H26N2O2. The number of carbonyl (C=O) groups is 2. The average molecular weight is 302 g/mol. The minimum atomic E-state index is -0.247. The lowest BCUT2D eigenvalue weighted by Gasteiger charge is -2.48. The molecule has 0 aromatic heterocycles. The van der Waals surface area contributed by atoms with Crippen molar-refractivity contribution in [2.75, 3.05) is 5.32 Å². The van der Waals surface area contributed by atoms with Crippen LogP contribution >= 0.6 is 0 Å². The van der Waals surface area contributed by atoms with Crippen molar-refractivity contribution in [3.8, 4) is 0 Å². The van der Waals surface area contributed by atoms with Crippen LogP contribution in [0.25, 0.3) is 0 Å². The first kappa shape index (κ1) is 16.5. The molecule has 0 aliphatic heterocycles. The summed E-state index contributed by atoms with van der Waals surface area (Å²) in [5, 5.41) is 5.95. The average Bonchev–Trinajstić information content (AvgIpc) is 2.35. The fourth-order valence-electron chi connectivity index (χ4n) is 3.67. The maximum absolute atomic E-state index is 12.3. The van der Waals surface area contributed by atoms with Gasteiger partial charge in [0, 0.05) is 24.6 Å². The number of ketones is 1. The predicted molar refractivity (Wildman–Crippen MR) is 88.9 cm³/mol. The van der Waals surface area contributed by atoms with Crippen molar-refractivity contribution in [3.05, 3.63) is 29.8 Å². The lowest BCUT2D eigenvalue weighted by atomic mass is 9.61. The fraction of sp³-hybridized carbons (Fsp3) is 0.556. The normalized spacial score (nSPS) is 20.5. The van der Waals surface area contributed by atoms with Crippen molar-refractivity contribution in [2.45, 2.75) is 53.5 Å². The van der Waals surface area contributed by atoms with E-state index in [1.54, 1.807) is 0 Å². The third-order valence-corrected chi connectivity index (χ3v) is 4.45. The van der Waals surface area contributed by atoms with Crippen LogP contribution in [-0.4, -0.2) is 17.9 Å². The van der Waals surface area contributed by atoms with Gasteiger partial charge < -0.3 is 10.6 Å². The van der Waals surface area contributed by atoms with Gasteiger partial charge in [0.15, 0.2) is 0 Å². The Balaban J connectivity index is 2.08. The van der Waals surface area contributed by atoms with Gasteiger partial charge in [-0.2, -0.15) is 0 Å². The van der Waals surface area contributed by atoms with E-state index >= 15 is 0 Å². The van der Waals surface area contributed by atoms with E-state index in [0.717, 1.165) is 11.3 Å². The second kappa shape index (κ2) is 5.75. The molecule has 0 spiro atoms. The van der Waals surface area contributed by atoms with E-state index in [1.807, 2.05) is 58.9 Å². The largest absolute Gasteiger partial charge is 0.334 e. The number of hydrogen-bond donors (Lipinski definition) is 2. The number of hydrogen-bond acceptors (Lipinski definition) is 2. The molecule has 1 aliphatic carbocycles. The molecule has 120 valence electrons. The van der Waals surface area contributed by atoms with Crippen LogP contribution < -0.4 is 10.6 Å². The van der Waals surface area contributed by atoms with Gasteiger partial charge >= 0.3 is 6.03 Å². The van der Waals surface area contributed by atoms with Crippen LogP contribution in [-0.2, 0) is 4.79 Å². The molecule has 1 aliphatic rings. The van der Waals surface area contributed by atoms with Gasteiger partial charge in [0.05, 0.1) is 0 Å². The Morgan fingerprint density at radius 3 is 2.05 bits per heavy atom. The molecule has 1 fully saturated rings. The summed E-state index contributed by atoms with van der Waals surface area (Å²) in [7, 11) is 0. The zero-order valence-corrected chi connectivity index (χ0v) is 14.1. The number of anilines is 1. The minimum absolute atomic E-state index is 0.0526. The number of aryl methyl sites for hydroxylation is 1. The second-order valence-corrected chi connectivity index (χ2v) is 7.77. The van der Waals surface area contributed by atoms with Gasteiger partial charge in [0.25, 0.3) is 0 Å². The van der Waals surface area contributed by atoms with Crippen LogP contribution in [0.1, 0.15) is 46.1 Å². The van der Waals surface area contributed by atoms with Gasteiger partial charge in [0.1, 0.15) is 5.78 Å². The van der Waals surface area contributed by atoms with Crippen molar-refractivity contribution in [1.82, 2.24) is 5.32 Å². The quantitative estimate of drug-likeness (QED) is 0.870. The molecule has 0 unspecified atom stereocenters. The van der Waals surface area contributed by atoms with E-state index in [0.29, 0.717) is 12.8 Å². The molecule has 2 amide bonds. The Morgan fingerprint density at radius 2 is 1.55 bits per heavy atom. The first-order valence-electron chi connectivity index (χ1n) is 7.76. The minimum Gasteiger partial charge on any atom is -0.334 e. The lowest BCUT2D eigenvalue weighted by Crippen LogP contribution is -2.58. The number of rotatable bonds is 2. The summed E-state index contributed by atoms with van der Waals surface area (Å²) in [6, 6.07) is 7.42. The van der Waals surface area contributed by atoms with Crippen LogP contribution in [0.4, 0.5) is 10.5 Å². The van der Waals surface area contributed by atoms with Crippen LogP contribution in [0.15, 0.2) is 24.3 Å². The number of nitrogens with one attached hydrogen (secondary N) is 2. The van der Waals surface area contributed by atoms with Crippen LogP contribution in [0.5, 0.6) is 0 Å². The summed E-state index contributed by atoms with van der Waals surface area (Å²) in [5.41, 5.74) is 1.43. The first-order valence-corrected chi connectivity index (χ1v) is 7.76. The number of benzene rings is 1. The molecular weight excluding hydrogens is 276 g/mol. The molecule has 0 radical (unpaired) electrons. The maximum atomic E-state index is 12.3. The molecule has 0 atom stereocenters. The van der Waals surface area contributed by atoms with Crippen LogP contribution in [0.2, 0.25) is 0 Å². The summed E-state index contributed by atoms with van der Waals surface area (Å²) >= 11 is 0. The predicted octanol–water partition coefficient (Wildman–Crippen LogP) is 3.90. The van der Waals surface area contributed by atoms with Crippen molar-refractivity contribution in [3.63, 3.8) is 0 Å².